The lowest BCUT2D eigenvalue weighted by atomic mass is 9.46. The minimum Gasteiger partial charge on any atom is -0.450 e. The smallest absolute Gasteiger partial charge is 0.306 e. The van der Waals surface area contributed by atoms with Crippen LogP contribution in [0.3, 0.4) is 0 Å². The average molecular weight is 431 g/mol. The van der Waals surface area contributed by atoms with Gasteiger partial charge in [-0.05, 0) is 61.9 Å². The van der Waals surface area contributed by atoms with Gasteiger partial charge >= 0.3 is 5.97 Å². The lowest BCUT2D eigenvalue weighted by Gasteiger charge is -2.58. The van der Waals surface area contributed by atoms with E-state index in [4.69, 9.17) is 4.74 Å². The normalized spacial score (nSPS) is 41.7. The molecule has 4 aliphatic rings. The quantitative estimate of drug-likeness (QED) is 0.672. The zero-order chi connectivity index (χ0) is 22.6. The average Bonchev–Trinajstić information content (AvgIpc) is 3.00. The first kappa shape index (κ1) is 22.4. The monoisotopic (exact) mass is 430 g/mol. The van der Waals surface area contributed by atoms with Crippen LogP contribution in [0.4, 0.5) is 0 Å². The van der Waals surface area contributed by atoms with Crippen molar-refractivity contribution >= 4 is 23.3 Å². The van der Waals surface area contributed by atoms with Crippen LogP contribution in [0.15, 0.2) is 11.6 Å². The van der Waals surface area contributed by atoms with E-state index in [0.717, 1.165) is 18.4 Å². The summed E-state index contributed by atoms with van der Waals surface area (Å²) in [5, 5.41) is 9.76. The van der Waals surface area contributed by atoms with Gasteiger partial charge in [-0.15, -0.1) is 0 Å². The van der Waals surface area contributed by atoms with Gasteiger partial charge in [-0.3, -0.25) is 19.2 Å². The van der Waals surface area contributed by atoms with Crippen LogP contribution in [0.5, 0.6) is 0 Å². The molecule has 1 N–H and O–H groups in total. The van der Waals surface area contributed by atoms with Crippen molar-refractivity contribution in [3.63, 3.8) is 0 Å². The van der Waals surface area contributed by atoms with Crippen molar-refractivity contribution in [2.45, 2.75) is 84.2 Å². The van der Waals surface area contributed by atoms with Gasteiger partial charge in [0.15, 0.2) is 11.4 Å². The minimum absolute atomic E-state index is 0.0659. The van der Waals surface area contributed by atoms with Crippen LogP contribution in [0, 0.1) is 28.6 Å². The molecule has 4 aliphatic carbocycles. The number of fused-ring (bicyclic) bond motifs is 5. The molecule has 0 aromatic rings. The molecule has 0 spiro atoms. The highest BCUT2D eigenvalue weighted by Gasteiger charge is 2.70. The molecule has 3 fully saturated rings. The van der Waals surface area contributed by atoms with Crippen LogP contribution < -0.4 is 0 Å². The lowest BCUT2D eigenvalue weighted by Crippen LogP contribution is -2.62. The minimum atomic E-state index is -1.43. The van der Waals surface area contributed by atoms with E-state index in [9.17, 15) is 24.3 Å². The summed E-state index contributed by atoms with van der Waals surface area (Å²) in [7, 11) is 0. The molecule has 0 heterocycles. The zero-order valence-electron chi connectivity index (χ0n) is 18.9. The Balaban J connectivity index is 1.73. The maximum atomic E-state index is 13.7. The van der Waals surface area contributed by atoms with E-state index in [0.29, 0.717) is 32.1 Å². The third-order valence-corrected chi connectivity index (χ3v) is 9.11. The van der Waals surface area contributed by atoms with Crippen molar-refractivity contribution in [3.8, 4) is 0 Å². The molecule has 0 saturated heterocycles. The molecule has 0 radical (unpaired) electrons. The number of ketones is 3. The number of carbonyl (C=O) groups excluding carboxylic acids is 4. The molecule has 3 saturated carbocycles. The predicted octanol–water partition coefficient (Wildman–Crippen LogP) is 3.34. The van der Waals surface area contributed by atoms with Crippen molar-refractivity contribution in [2.24, 2.45) is 28.6 Å². The number of ether oxygens (including phenoxy) is 1. The van der Waals surface area contributed by atoms with Crippen LogP contribution in [0.1, 0.15) is 78.6 Å². The standard InChI is InChI=1S/C25H34O6/c1-4-5-21(30)31-25(20(29)14-26)11-9-18-17-7-6-15-12-16(27)8-10-23(15,2)22(17)19(28)13-24(18,25)3/h12,17-18,22,26H,4-11,13-14H2,1-3H3/t17-,18-,22+,23-,24-,25+/m0/s1. The molecular formula is C25H34O6. The number of hydrogen-bond donors (Lipinski definition) is 1. The maximum Gasteiger partial charge on any atom is 0.306 e. The first-order valence-electron chi connectivity index (χ1n) is 11.8. The summed E-state index contributed by atoms with van der Waals surface area (Å²) in [5.41, 5.74) is -1.44. The SMILES string of the molecule is CCCC(=O)O[C@@]1(C(=O)CO)CC[C@H]2[C@@H]3CCC4=CC(=O)CC[C@]4(C)[C@H]3C(=O)C[C@@]21C. The van der Waals surface area contributed by atoms with Crippen molar-refractivity contribution in [1.29, 1.82) is 0 Å². The summed E-state index contributed by atoms with van der Waals surface area (Å²) in [6.07, 6.45) is 6.57. The molecule has 0 amide bonds. The Hall–Kier alpha value is -1.82. The number of hydrogen-bond acceptors (Lipinski definition) is 6. The van der Waals surface area contributed by atoms with E-state index >= 15 is 0 Å². The molecule has 6 heteroatoms. The van der Waals surface area contributed by atoms with Gasteiger partial charge in [0, 0.05) is 30.6 Å². The topological polar surface area (TPSA) is 97.7 Å². The second kappa shape index (κ2) is 7.65. The number of carbonyl (C=O) groups is 4. The van der Waals surface area contributed by atoms with Crippen LogP contribution in [0.2, 0.25) is 0 Å². The highest BCUT2D eigenvalue weighted by atomic mass is 16.6. The molecule has 0 aromatic carbocycles. The molecule has 0 aromatic heterocycles. The van der Waals surface area contributed by atoms with Crippen molar-refractivity contribution < 1.29 is 29.0 Å². The zero-order valence-corrected chi connectivity index (χ0v) is 18.9. The summed E-state index contributed by atoms with van der Waals surface area (Å²) >= 11 is 0. The van der Waals surface area contributed by atoms with Crippen LogP contribution in [0.25, 0.3) is 0 Å². The van der Waals surface area contributed by atoms with E-state index in [1.54, 1.807) is 6.08 Å². The number of aliphatic hydroxyl groups excluding tert-OH is 1. The third-order valence-electron chi connectivity index (χ3n) is 9.11. The van der Waals surface area contributed by atoms with Gasteiger partial charge in [0.25, 0.3) is 0 Å². The van der Waals surface area contributed by atoms with Gasteiger partial charge in [0.2, 0.25) is 5.78 Å². The Morgan fingerprint density at radius 1 is 1.16 bits per heavy atom. The summed E-state index contributed by atoms with van der Waals surface area (Å²) in [4.78, 5) is 51.3. The van der Waals surface area contributed by atoms with Gasteiger partial charge in [-0.25, -0.2) is 0 Å². The van der Waals surface area contributed by atoms with Crippen molar-refractivity contribution in [2.75, 3.05) is 6.61 Å². The van der Waals surface area contributed by atoms with Gasteiger partial charge in [0.1, 0.15) is 12.4 Å². The van der Waals surface area contributed by atoms with Gasteiger partial charge in [-0.1, -0.05) is 26.3 Å². The largest absolute Gasteiger partial charge is 0.450 e. The second-order valence-corrected chi connectivity index (χ2v) is 10.6. The van der Waals surface area contributed by atoms with E-state index in [2.05, 4.69) is 6.92 Å². The Labute approximate surface area is 183 Å². The first-order valence-corrected chi connectivity index (χ1v) is 11.8. The molecule has 0 bridgehead atoms. The van der Waals surface area contributed by atoms with Crippen LogP contribution in [-0.4, -0.2) is 40.6 Å². The fourth-order valence-corrected chi connectivity index (χ4v) is 7.63. The number of rotatable bonds is 5. The number of allylic oxidation sites excluding steroid dienone is 1. The molecule has 0 aliphatic heterocycles. The highest BCUT2D eigenvalue weighted by molar-refractivity contribution is 5.95. The third kappa shape index (κ3) is 3.08. The van der Waals surface area contributed by atoms with E-state index in [1.807, 2.05) is 13.8 Å². The fourth-order valence-electron chi connectivity index (χ4n) is 7.63. The molecule has 31 heavy (non-hydrogen) atoms. The number of esters is 1. The van der Waals surface area contributed by atoms with E-state index < -0.39 is 29.4 Å². The Morgan fingerprint density at radius 2 is 1.90 bits per heavy atom. The summed E-state index contributed by atoms with van der Waals surface area (Å²) in [6.45, 7) is 5.23. The van der Waals surface area contributed by atoms with E-state index in [-0.39, 0.29) is 47.6 Å². The van der Waals surface area contributed by atoms with Gasteiger partial charge in [0.05, 0.1) is 0 Å². The molecule has 0 unspecified atom stereocenters. The number of Topliss-reactive ketones (excluding diaryl/α,β-unsaturated/α-hetero) is 2. The molecule has 170 valence electrons. The second-order valence-electron chi connectivity index (χ2n) is 10.6. The van der Waals surface area contributed by atoms with Crippen molar-refractivity contribution in [1.82, 2.24) is 0 Å². The Kier molecular flexibility index (Phi) is 5.52. The molecule has 6 nitrogen and oxygen atoms in total. The maximum absolute atomic E-state index is 13.7. The molecule has 4 rings (SSSR count). The molecular weight excluding hydrogens is 396 g/mol. The summed E-state index contributed by atoms with van der Waals surface area (Å²) < 4.78 is 5.88. The Bertz CT molecular complexity index is 858. The van der Waals surface area contributed by atoms with Crippen LogP contribution >= 0.6 is 0 Å². The summed E-state index contributed by atoms with van der Waals surface area (Å²) in [6, 6.07) is 0. The lowest BCUT2D eigenvalue weighted by molar-refractivity contribution is -0.192. The van der Waals surface area contributed by atoms with Gasteiger partial charge < -0.3 is 9.84 Å². The van der Waals surface area contributed by atoms with Crippen LogP contribution in [-0.2, 0) is 23.9 Å². The van der Waals surface area contributed by atoms with E-state index in [1.165, 1.54) is 0 Å². The molecule has 6 atom stereocenters. The number of aliphatic hydroxyl groups is 1. The Morgan fingerprint density at radius 3 is 2.58 bits per heavy atom. The highest BCUT2D eigenvalue weighted by Crippen LogP contribution is 2.67. The summed E-state index contributed by atoms with van der Waals surface area (Å²) in [5.74, 6) is -0.669. The van der Waals surface area contributed by atoms with Gasteiger partial charge in [-0.2, -0.15) is 0 Å². The predicted molar refractivity (Wildman–Crippen MR) is 113 cm³/mol. The fraction of sp³-hybridized carbons (Fsp3) is 0.760. The van der Waals surface area contributed by atoms with Crippen molar-refractivity contribution in [3.05, 3.63) is 11.6 Å². The first-order chi connectivity index (χ1) is 14.6.